The zero-order valence-electron chi connectivity index (χ0n) is 13.3. The molecule has 0 aliphatic carbocycles. The summed E-state index contributed by atoms with van der Waals surface area (Å²) in [5.74, 6) is 0.823. The Hall–Kier alpha value is -1.11. The Morgan fingerprint density at radius 3 is 2.65 bits per heavy atom. The second-order valence-corrected chi connectivity index (χ2v) is 5.73. The molecule has 0 aromatic carbocycles. The zero-order valence-corrected chi connectivity index (χ0v) is 13.3. The zero-order chi connectivity index (χ0) is 14.9. The van der Waals surface area contributed by atoms with Crippen molar-refractivity contribution in [2.75, 3.05) is 40.3 Å². The molecule has 2 heterocycles. The second-order valence-electron chi connectivity index (χ2n) is 5.73. The molecule has 2 rings (SSSR count). The number of aryl methyl sites for hydroxylation is 2. The van der Waals surface area contributed by atoms with Gasteiger partial charge in [-0.05, 0) is 20.9 Å². The van der Waals surface area contributed by atoms with Gasteiger partial charge in [0.25, 0.3) is 0 Å². The number of methoxy groups -OCH3 is 1. The summed E-state index contributed by atoms with van der Waals surface area (Å²) in [6.45, 7) is 8.03. The summed E-state index contributed by atoms with van der Waals surface area (Å²) in [6.07, 6.45) is 0. The highest BCUT2D eigenvalue weighted by molar-refractivity contribution is 5.35. The maximum absolute atomic E-state index is 6.09. The molecule has 0 bridgehead atoms. The fraction of sp³-hybridized carbons (Fsp3) is 0.786. The van der Waals surface area contributed by atoms with Crippen LogP contribution in [0.3, 0.4) is 0 Å². The number of hydrogen-bond acceptors (Lipinski definition) is 5. The number of aromatic nitrogens is 2. The number of rotatable bonds is 4. The number of ether oxygens (including phenoxy) is 1. The highest BCUT2D eigenvalue weighted by Gasteiger charge is 2.32. The lowest BCUT2D eigenvalue weighted by Crippen LogP contribution is -2.53. The van der Waals surface area contributed by atoms with Crippen molar-refractivity contribution in [2.24, 2.45) is 12.8 Å². The van der Waals surface area contributed by atoms with Crippen molar-refractivity contribution >= 4 is 0 Å². The van der Waals surface area contributed by atoms with E-state index in [1.54, 1.807) is 11.8 Å². The van der Waals surface area contributed by atoms with Crippen LogP contribution in [0, 0.1) is 6.92 Å². The predicted molar refractivity (Wildman–Crippen MR) is 80.0 cm³/mol. The number of likely N-dealkylation sites (N-methyl/N-ethyl adjacent to an activating group) is 1. The lowest BCUT2D eigenvalue weighted by molar-refractivity contribution is 0.0623. The maximum Gasteiger partial charge on any atom is 0.216 e. The third-order valence-corrected chi connectivity index (χ3v) is 4.25. The van der Waals surface area contributed by atoms with Crippen LogP contribution >= 0.6 is 0 Å². The summed E-state index contributed by atoms with van der Waals surface area (Å²) in [5, 5.41) is 4.48. The molecular weight excluding hydrogens is 254 g/mol. The monoisotopic (exact) mass is 281 g/mol. The van der Waals surface area contributed by atoms with Crippen LogP contribution in [0.25, 0.3) is 0 Å². The highest BCUT2D eigenvalue weighted by atomic mass is 16.5. The minimum atomic E-state index is 0.169. The van der Waals surface area contributed by atoms with Gasteiger partial charge in [0.15, 0.2) is 0 Å². The third-order valence-electron chi connectivity index (χ3n) is 4.25. The van der Waals surface area contributed by atoms with Gasteiger partial charge in [0, 0.05) is 39.3 Å². The Balaban J connectivity index is 2.33. The average molecular weight is 281 g/mol. The van der Waals surface area contributed by atoms with Crippen LogP contribution in [0.5, 0.6) is 5.88 Å². The van der Waals surface area contributed by atoms with Crippen molar-refractivity contribution in [1.82, 2.24) is 19.6 Å². The Labute approximate surface area is 121 Å². The van der Waals surface area contributed by atoms with Crippen molar-refractivity contribution in [3.8, 4) is 5.88 Å². The molecule has 0 saturated carbocycles. The first kappa shape index (κ1) is 15.3. The van der Waals surface area contributed by atoms with Gasteiger partial charge >= 0.3 is 0 Å². The summed E-state index contributed by atoms with van der Waals surface area (Å²) in [6, 6.07) is 0.647. The molecule has 2 atom stereocenters. The predicted octanol–water partition coefficient (Wildman–Crippen LogP) is 0.373. The molecule has 1 saturated heterocycles. The van der Waals surface area contributed by atoms with Crippen LogP contribution in [0.1, 0.15) is 24.2 Å². The van der Waals surface area contributed by atoms with Crippen molar-refractivity contribution in [1.29, 1.82) is 0 Å². The van der Waals surface area contributed by atoms with Gasteiger partial charge in [0.05, 0.1) is 24.4 Å². The lowest BCUT2D eigenvalue weighted by Gasteiger charge is -2.42. The summed E-state index contributed by atoms with van der Waals surface area (Å²) in [4.78, 5) is 4.84. The van der Waals surface area contributed by atoms with Gasteiger partial charge in [-0.2, -0.15) is 5.10 Å². The Bertz CT molecular complexity index is 459. The molecule has 1 aliphatic rings. The summed E-state index contributed by atoms with van der Waals surface area (Å²) < 4.78 is 7.33. The minimum Gasteiger partial charge on any atom is -0.481 e. The fourth-order valence-electron chi connectivity index (χ4n) is 3.31. The van der Waals surface area contributed by atoms with Crippen molar-refractivity contribution in [2.45, 2.75) is 25.9 Å². The molecule has 2 N–H and O–H groups in total. The van der Waals surface area contributed by atoms with E-state index in [4.69, 9.17) is 10.5 Å². The standard InChI is InChI=1S/C14H27N5O/c1-10-9-17(3)6-7-19(10)12(8-15)13-11(2)16-18(4)14(13)20-5/h10,12H,6-9,15H2,1-5H3. The molecule has 0 spiro atoms. The summed E-state index contributed by atoms with van der Waals surface area (Å²) in [5.41, 5.74) is 8.23. The van der Waals surface area contributed by atoms with E-state index in [-0.39, 0.29) is 6.04 Å². The SMILES string of the molecule is COc1c(C(CN)N2CCN(C)CC2C)c(C)nn1C. The fourth-order valence-corrected chi connectivity index (χ4v) is 3.31. The maximum atomic E-state index is 6.09. The Morgan fingerprint density at radius 2 is 2.10 bits per heavy atom. The van der Waals surface area contributed by atoms with Crippen molar-refractivity contribution < 1.29 is 4.74 Å². The smallest absolute Gasteiger partial charge is 0.216 e. The van der Waals surface area contributed by atoms with Gasteiger partial charge in [-0.15, -0.1) is 0 Å². The van der Waals surface area contributed by atoms with Crippen molar-refractivity contribution in [3.05, 3.63) is 11.3 Å². The van der Waals surface area contributed by atoms with E-state index < -0.39 is 0 Å². The largest absolute Gasteiger partial charge is 0.481 e. The van der Waals surface area contributed by atoms with Crippen LogP contribution in [0.4, 0.5) is 0 Å². The van der Waals surface area contributed by atoms with Gasteiger partial charge in [-0.1, -0.05) is 0 Å². The molecule has 1 aromatic rings. The minimum absolute atomic E-state index is 0.169. The molecule has 114 valence electrons. The van der Waals surface area contributed by atoms with Gasteiger partial charge in [0.1, 0.15) is 0 Å². The number of hydrogen-bond donors (Lipinski definition) is 1. The molecule has 0 radical (unpaired) electrons. The Morgan fingerprint density at radius 1 is 1.40 bits per heavy atom. The summed E-state index contributed by atoms with van der Waals surface area (Å²) >= 11 is 0. The second kappa shape index (κ2) is 6.11. The van der Waals surface area contributed by atoms with Crippen LogP contribution in [-0.4, -0.2) is 66.0 Å². The molecule has 6 heteroatoms. The first-order valence-corrected chi connectivity index (χ1v) is 7.21. The number of nitrogens with two attached hydrogens (primary N) is 1. The number of piperazine rings is 1. The van der Waals surface area contributed by atoms with E-state index >= 15 is 0 Å². The van der Waals surface area contributed by atoms with Gasteiger partial charge < -0.3 is 15.4 Å². The van der Waals surface area contributed by atoms with Gasteiger partial charge in [-0.3, -0.25) is 4.90 Å². The molecule has 2 unspecified atom stereocenters. The number of nitrogens with zero attached hydrogens (tertiary/aromatic N) is 4. The normalized spacial score (nSPS) is 23.0. The van der Waals surface area contributed by atoms with Crippen LogP contribution in [0.2, 0.25) is 0 Å². The van der Waals surface area contributed by atoms with E-state index in [0.29, 0.717) is 12.6 Å². The molecular formula is C14H27N5O. The van der Waals surface area contributed by atoms with E-state index in [0.717, 1.165) is 36.8 Å². The third kappa shape index (κ3) is 2.68. The molecule has 1 fully saturated rings. The topological polar surface area (TPSA) is 59.6 Å². The summed E-state index contributed by atoms with van der Waals surface area (Å²) in [7, 11) is 5.78. The molecule has 6 nitrogen and oxygen atoms in total. The van der Waals surface area contributed by atoms with E-state index in [1.165, 1.54) is 0 Å². The van der Waals surface area contributed by atoms with Gasteiger partial charge in [-0.25, -0.2) is 4.68 Å². The van der Waals surface area contributed by atoms with E-state index in [1.807, 2.05) is 14.0 Å². The molecule has 1 aromatic heterocycles. The quantitative estimate of drug-likeness (QED) is 0.864. The van der Waals surface area contributed by atoms with Crippen LogP contribution in [0.15, 0.2) is 0 Å². The van der Waals surface area contributed by atoms with E-state index in [2.05, 4.69) is 28.9 Å². The van der Waals surface area contributed by atoms with Crippen LogP contribution in [-0.2, 0) is 7.05 Å². The van der Waals surface area contributed by atoms with Crippen LogP contribution < -0.4 is 10.5 Å². The van der Waals surface area contributed by atoms with Crippen molar-refractivity contribution in [3.63, 3.8) is 0 Å². The van der Waals surface area contributed by atoms with Gasteiger partial charge in [0.2, 0.25) is 5.88 Å². The molecule has 1 aliphatic heterocycles. The molecule has 0 amide bonds. The highest BCUT2D eigenvalue weighted by Crippen LogP contribution is 2.33. The lowest BCUT2D eigenvalue weighted by atomic mass is 10.0. The first-order valence-electron chi connectivity index (χ1n) is 7.21. The Kier molecular flexibility index (Phi) is 4.67. The average Bonchev–Trinajstić information content (AvgIpc) is 2.67. The first-order chi connectivity index (χ1) is 9.49. The molecule has 20 heavy (non-hydrogen) atoms. The van der Waals surface area contributed by atoms with E-state index in [9.17, 15) is 0 Å².